The molecular weight excluding hydrogens is 282 g/mol. The topological polar surface area (TPSA) is 15.5 Å². The average molecular weight is 307 g/mol. The van der Waals surface area contributed by atoms with Gasteiger partial charge in [-0.05, 0) is 56.1 Å². The van der Waals surface area contributed by atoms with Gasteiger partial charge in [-0.1, -0.05) is 60.7 Å². The van der Waals surface area contributed by atoms with E-state index in [9.17, 15) is 0 Å². The van der Waals surface area contributed by atoms with Gasteiger partial charge in [0.1, 0.15) is 0 Å². The Balaban J connectivity index is 1.42. The van der Waals surface area contributed by atoms with Crippen molar-refractivity contribution in [2.45, 2.75) is 50.8 Å². The van der Waals surface area contributed by atoms with E-state index in [1.807, 2.05) is 0 Å². The number of hydrogen-bond acceptors (Lipinski definition) is 2. The van der Waals surface area contributed by atoms with Crippen LogP contribution in [0.1, 0.15) is 49.8 Å². The Hall–Kier alpha value is -1.64. The zero-order valence-corrected chi connectivity index (χ0v) is 13.8. The second-order valence-electron chi connectivity index (χ2n) is 7.10. The fraction of sp³-hybridized carbons (Fsp3) is 0.429. The maximum absolute atomic E-state index is 6.16. The Bertz CT molecular complexity index is 641. The third kappa shape index (κ3) is 3.06. The zero-order valence-electron chi connectivity index (χ0n) is 13.8. The van der Waals surface area contributed by atoms with Crippen molar-refractivity contribution in [1.82, 2.24) is 5.06 Å². The van der Waals surface area contributed by atoms with Crippen LogP contribution in [-0.2, 0) is 11.3 Å². The highest BCUT2D eigenvalue weighted by Crippen LogP contribution is 2.53. The summed E-state index contributed by atoms with van der Waals surface area (Å²) in [5.74, 6) is 0.735. The maximum Gasteiger partial charge on any atom is 0.165 e. The average Bonchev–Trinajstić information content (AvgIpc) is 3.28. The first-order valence-electron chi connectivity index (χ1n) is 8.84. The number of hydrogen-bond donors (Lipinski definition) is 0. The molecule has 0 radical (unpaired) electrons. The van der Waals surface area contributed by atoms with Crippen molar-refractivity contribution in [3.05, 3.63) is 71.8 Å². The molecule has 2 aliphatic rings. The largest absolute Gasteiger partial charge is 0.271 e. The summed E-state index contributed by atoms with van der Waals surface area (Å²) in [6.45, 7) is 2.25. The highest BCUT2D eigenvalue weighted by molar-refractivity contribution is 5.20. The van der Waals surface area contributed by atoms with Crippen LogP contribution in [0.5, 0.6) is 0 Å². The molecule has 2 nitrogen and oxygen atoms in total. The van der Waals surface area contributed by atoms with Crippen LogP contribution >= 0.6 is 0 Å². The van der Waals surface area contributed by atoms with Gasteiger partial charge in [-0.25, -0.2) is 0 Å². The van der Waals surface area contributed by atoms with Crippen LogP contribution in [-0.4, -0.2) is 10.8 Å². The molecule has 1 saturated heterocycles. The molecule has 0 bridgehead atoms. The molecule has 2 fully saturated rings. The minimum absolute atomic E-state index is 0.00690. The number of rotatable bonds is 4. The Morgan fingerprint density at radius 1 is 1.09 bits per heavy atom. The molecule has 1 saturated carbocycles. The van der Waals surface area contributed by atoms with Gasteiger partial charge in [0.25, 0.3) is 0 Å². The van der Waals surface area contributed by atoms with Gasteiger partial charge >= 0.3 is 0 Å². The minimum Gasteiger partial charge on any atom is -0.271 e. The van der Waals surface area contributed by atoms with Gasteiger partial charge in [-0.15, -0.1) is 5.06 Å². The van der Waals surface area contributed by atoms with Gasteiger partial charge in [0.05, 0.1) is 6.04 Å². The molecule has 0 N–H and O–H groups in total. The molecule has 0 amide bonds. The van der Waals surface area contributed by atoms with E-state index in [0.29, 0.717) is 6.04 Å². The molecule has 1 unspecified atom stereocenters. The summed E-state index contributed by atoms with van der Waals surface area (Å²) in [4.78, 5) is 6.16. The normalized spacial score (nSPS) is 31.0. The van der Waals surface area contributed by atoms with Crippen molar-refractivity contribution in [2.24, 2.45) is 5.92 Å². The predicted molar refractivity (Wildman–Crippen MR) is 92.6 cm³/mol. The zero-order chi connectivity index (χ0) is 15.7. The Morgan fingerprint density at radius 3 is 2.52 bits per heavy atom. The van der Waals surface area contributed by atoms with Gasteiger partial charge in [0.15, 0.2) is 5.72 Å². The van der Waals surface area contributed by atoms with Gasteiger partial charge in [-0.3, -0.25) is 4.84 Å². The van der Waals surface area contributed by atoms with Crippen LogP contribution in [0.2, 0.25) is 0 Å². The molecule has 4 rings (SSSR count). The van der Waals surface area contributed by atoms with Crippen LogP contribution in [0.15, 0.2) is 60.7 Å². The smallest absolute Gasteiger partial charge is 0.165 e. The number of hydroxylamine groups is 2. The molecule has 1 heterocycles. The lowest BCUT2D eigenvalue weighted by molar-refractivity contribution is 0.148. The molecule has 4 atom stereocenters. The van der Waals surface area contributed by atoms with Crippen molar-refractivity contribution in [2.75, 3.05) is 0 Å². The van der Waals surface area contributed by atoms with E-state index < -0.39 is 0 Å². The first-order chi connectivity index (χ1) is 11.3. The molecule has 0 aromatic heterocycles. The first-order valence-corrected chi connectivity index (χ1v) is 8.84. The summed E-state index contributed by atoms with van der Waals surface area (Å²) >= 11 is 0. The highest BCUT2D eigenvalue weighted by atomic mass is 16.9. The van der Waals surface area contributed by atoms with E-state index in [1.54, 1.807) is 0 Å². The van der Waals surface area contributed by atoms with Crippen LogP contribution in [0, 0.1) is 5.92 Å². The lowest BCUT2D eigenvalue weighted by Gasteiger charge is -2.27. The van der Waals surface area contributed by atoms with Gasteiger partial charge in [-0.2, -0.15) is 0 Å². The molecule has 120 valence electrons. The fourth-order valence-corrected chi connectivity index (χ4v) is 4.19. The van der Waals surface area contributed by atoms with E-state index in [4.69, 9.17) is 4.84 Å². The standard InChI is InChI=1S/C21H25NO/c1-17(20-12-6-3-7-13-20)22-21(23-22)14-8-11-19(16-21)15-18-9-4-2-5-10-18/h2-7,9-10,12-13,17,19H,8,11,14-16H2,1H3/t17-,19+,21+,22?/m1/s1. The molecule has 1 spiro atoms. The first kappa shape index (κ1) is 14.9. The predicted octanol–water partition coefficient (Wildman–Crippen LogP) is 5.12. The summed E-state index contributed by atoms with van der Waals surface area (Å²) < 4.78 is 0. The van der Waals surface area contributed by atoms with Crippen molar-refractivity contribution >= 4 is 0 Å². The maximum atomic E-state index is 6.16. The minimum atomic E-state index is 0.00690. The van der Waals surface area contributed by atoms with Crippen LogP contribution in [0.3, 0.4) is 0 Å². The van der Waals surface area contributed by atoms with E-state index in [1.165, 1.54) is 43.2 Å². The third-order valence-corrected chi connectivity index (χ3v) is 5.43. The van der Waals surface area contributed by atoms with Crippen LogP contribution < -0.4 is 0 Å². The van der Waals surface area contributed by atoms with Gasteiger partial charge in [0.2, 0.25) is 0 Å². The van der Waals surface area contributed by atoms with E-state index in [-0.39, 0.29) is 5.72 Å². The molecular formula is C21H25NO. The summed E-state index contributed by atoms with van der Waals surface area (Å²) in [5, 5.41) is 2.25. The summed E-state index contributed by atoms with van der Waals surface area (Å²) in [6.07, 6.45) is 6.12. The highest BCUT2D eigenvalue weighted by Gasteiger charge is 2.58. The molecule has 1 aliphatic heterocycles. The fourth-order valence-electron chi connectivity index (χ4n) is 4.19. The van der Waals surface area contributed by atoms with Gasteiger partial charge in [0, 0.05) is 0 Å². The van der Waals surface area contributed by atoms with Crippen LogP contribution in [0.25, 0.3) is 0 Å². The van der Waals surface area contributed by atoms with E-state index in [2.05, 4.69) is 72.7 Å². The quantitative estimate of drug-likeness (QED) is 0.728. The Kier molecular flexibility index (Phi) is 3.96. The summed E-state index contributed by atoms with van der Waals surface area (Å²) in [5.41, 5.74) is 2.81. The SMILES string of the molecule is C[C@H](c1ccccc1)N1O[C@]12CCC[C@@H](Cc1ccccc1)C2. The van der Waals surface area contributed by atoms with Crippen molar-refractivity contribution in [3.63, 3.8) is 0 Å². The monoisotopic (exact) mass is 307 g/mol. The van der Waals surface area contributed by atoms with E-state index in [0.717, 1.165) is 5.92 Å². The van der Waals surface area contributed by atoms with Crippen molar-refractivity contribution in [1.29, 1.82) is 0 Å². The molecule has 2 aromatic rings. The Morgan fingerprint density at radius 2 is 1.78 bits per heavy atom. The molecule has 2 heteroatoms. The molecule has 2 aromatic carbocycles. The second-order valence-corrected chi connectivity index (χ2v) is 7.10. The molecule has 1 aliphatic carbocycles. The lowest BCUT2D eigenvalue weighted by atomic mass is 9.80. The third-order valence-electron chi connectivity index (χ3n) is 5.43. The lowest BCUT2D eigenvalue weighted by Crippen LogP contribution is -2.29. The van der Waals surface area contributed by atoms with Crippen molar-refractivity contribution in [3.8, 4) is 0 Å². The van der Waals surface area contributed by atoms with Crippen LogP contribution in [0.4, 0.5) is 0 Å². The van der Waals surface area contributed by atoms with Gasteiger partial charge < -0.3 is 0 Å². The summed E-state index contributed by atoms with van der Waals surface area (Å²) in [6, 6.07) is 21.9. The molecule has 23 heavy (non-hydrogen) atoms. The summed E-state index contributed by atoms with van der Waals surface area (Å²) in [7, 11) is 0. The van der Waals surface area contributed by atoms with Crippen molar-refractivity contribution < 1.29 is 4.84 Å². The number of nitrogens with zero attached hydrogens (tertiary/aromatic N) is 1. The number of benzene rings is 2. The van der Waals surface area contributed by atoms with E-state index >= 15 is 0 Å². The Labute approximate surface area is 139 Å². The second kappa shape index (κ2) is 6.10.